The number of aromatic nitrogens is 2. The zero-order chi connectivity index (χ0) is 14.5. The predicted molar refractivity (Wildman–Crippen MR) is 85.5 cm³/mol. The van der Waals surface area contributed by atoms with Crippen LogP contribution in [0.25, 0.3) is 11.0 Å². The van der Waals surface area contributed by atoms with Gasteiger partial charge in [-0.25, -0.2) is 4.79 Å². The fourth-order valence-corrected chi connectivity index (χ4v) is 2.17. The van der Waals surface area contributed by atoms with Crippen LogP contribution in [0.2, 0.25) is 0 Å². The first-order chi connectivity index (χ1) is 9.63. The van der Waals surface area contributed by atoms with Gasteiger partial charge in [0, 0.05) is 6.54 Å². The van der Waals surface area contributed by atoms with Crippen LogP contribution in [0, 0.1) is 0 Å². The number of halogens is 1. The van der Waals surface area contributed by atoms with Crippen LogP contribution in [0.3, 0.4) is 0 Å². The van der Waals surface area contributed by atoms with E-state index in [-0.39, 0.29) is 24.7 Å². The van der Waals surface area contributed by atoms with Crippen LogP contribution in [-0.4, -0.2) is 52.3 Å². The number of hydrogen-bond donors (Lipinski definition) is 3. The van der Waals surface area contributed by atoms with Crippen molar-refractivity contribution in [3.63, 3.8) is 0 Å². The van der Waals surface area contributed by atoms with Crippen molar-refractivity contribution in [3.8, 4) is 5.75 Å². The van der Waals surface area contributed by atoms with Gasteiger partial charge < -0.3 is 24.7 Å². The second-order valence-electron chi connectivity index (χ2n) is 4.71. The number of imidazole rings is 1. The van der Waals surface area contributed by atoms with E-state index in [9.17, 15) is 9.90 Å². The molecular weight excluding hydrogens is 294 g/mol. The molecule has 0 saturated carbocycles. The Morgan fingerprint density at radius 2 is 2.00 bits per heavy atom. The Labute approximate surface area is 129 Å². The van der Waals surface area contributed by atoms with Gasteiger partial charge in [0.05, 0.1) is 5.52 Å². The van der Waals surface area contributed by atoms with Gasteiger partial charge in [0.15, 0.2) is 0 Å². The number of likely N-dealkylation sites (N-methyl/N-ethyl adjacent to an activating group) is 1. The predicted octanol–water partition coefficient (Wildman–Crippen LogP) is 1.36. The molecule has 0 spiro atoms. The first-order valence-electron chi connectivity index (χ1n) is 6.88. The Kier molecular flexibility index (Phi) is 6.74. The number of aliphatic hydroxyl groups excluding tert-OH is 1. The normalized spacial score (nSPS) is 12.4. The Hall–Kier alpha value is -1.50. The number of nitrogens with zero attached hydrogens (tertiary/aromatic N) is 1. The summed E-state index contributed by atoms with van der Waals surface area (Å²) in [6.45, 7) is 6.68. The third-order valence-electron chi connectivity index (χ3n) is 3.31. The maximum absolute atomic E-state index is 11.3. The topological polar surface area (TPSA) is 81.3 Å². The summed E-state index contributed by atoms with van der Waals surface area (Å²) in [5, 5.41) is 9.97. The van der Waals surface area contributed by atoms with Crippen molar-refractivity contribution in [3.05, 3.63) is 28.7 Å². The molecule has 1 heterocycles. The summed E-state index contributed by atoms with van der Waals surface area (Å²) in [6, 6.07) is 5.38. The summed E-state index contributed by atoms with van der Waals surface area (Å²) in [6.07, 6.45) is -0.559. The van der Waals surface area contributed by atoms with Crippen LogP contribution < -0.4 is 10.4 Å². The van der Waals surface area contributed by atoms with Crippen molar-refractivity contribution in [2.24, 2.45) is 0 Å². The Morgan fingerprint density at radius 3 is 2.67 bits per heavy atom. The SMILES string of the molecule is CCN(CC)CC(O)COc1cccc2[nH]c(=O)[nH]c12.Cl. The number of hydrogen-bond acceptors (Lipinski definition) is 4. The minimum atomic E-state index is -0.559. The quantitative estimate of drug-likeness (QED) is 0.720. The molecule has 6 nitrogen and oxygen atoms in total. The van der Waals surface area contributed by atoms with Crippen LogP contribution >= 0.6 is 12.4 Å². The van der Waals surface area contributed by atoms with Crippen LogP contribution in [0.1, 0.15) is 13.8 Å². The minimum absolute atomic E-state index is 0. The number of H-pyrrole nitrogens is 2. The molecule has 0 aliphatic rings. The summed E-state index contributed by atoms with van der Waals surface area (Å²) >= 11 is 0. The molecule has 0 bridgehead atoms. The van der Waals surface area contributed by atoms with Crippen molar-refractivity contribution >= 4 is 23.4 Å². The van der Waals surface area contributed by atoms with Gasteiger partial charge in [0.1, 0.15) is 24.0 Å². The maximum atomic E-state index is 11.3. The van der Waals surface area contributed by atoms with E-state index in [1.165, 1.54) is 0 Å². The lowest BCUT2D eigenvalue weighted by molar-refractivity contribution is 0.0721. The molecule has 0 aliphatic heterocycles. The Balaban J connectivity index is 0.00000220. The number of aliphatic hydroxyl groups is 1. The summed E-state index contributed by atoms with van der Waals surface area (Å²) in [5.74, 6) is 0.569. The first kappa shape index (κ1) is 17.6. The fourth-order valence-electron chi connectivity index (χ4n) is 2.17. The Bertz CT molecular complexity index is 607. The lowest BCUT2D eigenvalue weighted by Crippen LogP contribution is -2.35. The molecule has 0 radical (unpaired) electrons. The molecule has 21 heavy (non-hydrogen) atoms. The van der Waals surface area contributed by atoms with Gasteiger partial charge in [0.2, 0.25) is 0 Å². The molecular formula is C14H22ClN3O3. The summed E-state index contributed by atoms with van der Waals surface area (Å²) in [7, 11) is 0. The van der Waals surface area contributed by atoms with E-state index in [0.29, 0.717) is 23.3 Å². The van der Waals surface area contributed by atoms with Gasteiger partial charge in [-0.2, -0.15) is 0 Å². The molecule has 2 rings (SSSR count). The average molecular weight is 316 g/mol. The number of ether oxygens (including phenoxy) is 1. The molecule has 0 amide bonds. The molecule has 3 N–H and O–H groups in total. The highest BCUT2D eigenvalue weighted by Crippen LogP contribution is 2.21. The summed E-state index contributed by atoms with van der Waals surface area (Å²) in [4.78, 5) is 18.8. The van der Waals surface area contributed by atoms with Crippen molar-refractivity contribution < 1.29 is 9.84 Å². The highest BCUT2D eigenvalue weighted by molar-refractivity contribution is 5.85. The van der Waals surface area contributed by atoms with Crippen LogP contribution in [0.4, 0.5) is 0 Å². The van der Waals surface area contributed by atoms with Gasteiger partial charge in [-0.3, -0.25) is 0 Å². The molecule has 7 heteroatoms. The first-order valence-corrected chi connectivity index (χ1v) is 6.88. The van der Waals surface area contributed by atoms with Crippen molar-refractivity contribution in [1.29, 1.82) is 0 Å². The zero-order valence-corrected chi connectivity index (χ0v) is 13.1. The van der Waals surface area contributed by atoms with Gasteiger partial charge in [-0.15, -0.1) is 12.4 Å². The van der Waals surface area contributed by atoms with E-state index in [1.807, 2.05) is 0 Å². The number of fused-ring (bicyclic) bond motifs is 1. The zero-order valence-electron chi connectivity index (χ0n) is 12.3. The summed E-state index contributed by atoms with van der Waals surface area (Å²) < 4.78 is 5.62. The molecule has 0 saturated heterocycles. The molecule has 1 aromatic carbocycles. The van der Waals surface area contributed by atoms with E-state index in [4.69, 9.17) is 4.74 Å². The molecule has 1 aromatic heterocycles. The highest BCUT2D eigenvalue weighted by Gasteiger charge is 2.11. The van der Waals surface area contributed by atoms with Gasteiger partial charge >= 0.3 is 5.69 Å². The van der Waals surface area contributed by atoms with E-state index in [2.05, 4.69) is 28.7 Å². The standard InChI is InChI=1S/C14H21N3O3.ClH/c1-3-17(4-2)8-10(18)9-20-12-7-5-6-11-13(12)16-14(19)15-11;/h5-7,10,18H,3-4,8-9H2,1-2H3,(H2,15,16,19);1H. The van der Waals surface area contributed by atoms with Crippen LogP contribution in [0.15, 0.2) is 23.0 Å². The number of aromatic amines is 2. The largest absolute Gasteiger partial charge is 0.489 e. The lowest BCUT2D eigenvalue weighted by Gasteiger charge is -2.21. The highest BCUT2D eigenvalue weighted by atomic mass is 35.5. The molecule has 2 aromatic rings. The number of benzene rings is 1. The monoisotopic (exact) mass is 315 g/mol. The van der Waals surface area contributed by atoms with E-state index in [0.717, 1.165) is 13.1 Å². The molecule has 1 unspecified atom stereocenters. The fraction of sp³-hybridized carbons (Fsp3) is 0.500. The van der Waals surface area contributed by atoms with Crippen molar-refractivity contribution in [2.45, 2.75) is 20.0 Å². The van der Waals surface area contributed by atoms with E-state index in [1.54, 1.807) is 18.2 Å². The second-order valence-corrected chi connectivity index (χ2v) is 4.71. The van der Waals surface area contributed by atoms with Crippen molar-refractivity contribution in [2.75, 3.05) is 26.2 Å². The smallest absolute Gasteiger partial charge is 0.323 e. The number of para-hydroxylation sites is 1. The molecule has 0 aliphatic carbocycles. The molecule has 1 atom stereocenters. The lowest BCUT2D eigenvalue weighted by atomic mass is 10.3. The summed E-state index contributed by atoms with van der Waals surface area (Å²) in [5.41, 5.74) is 1.07. The third kappa shape index (κ3) is 4.49. The number of rotatable bonds is 7. The molecule has 118 valence electrons. The van der Waals surface area contributed by atoms with E-state index >= 15 is 0 Å². The van der Waals surface area contributed by atoms with Crippen LogP contribution in [0.5, 0.6) is 5.75 Å². The van der Waals surface area contributed by atoms with Crippen LogP contribution in [-0.2, 0) is 0 Å². The Morgan fingerprint density at radius 1 is 1.29 bits per heavy atom. The minimum Gasteiger partial charge on any atom is -0.489 e. The van der Waals surface area contributed by atoms with Gasteiger partial charge in [-0.05, 0) is 25.2 Å². The number of nitrogens with one attached hydrogen (secondary N) is 2. The maximum Gasteiger partial charge on any atom is 0.323 e. The average Bonchev–Trinajstić information content (AvgIpc) is 2.83. The van der Waals surface area contributed by atoms with Gasteiger partial charge in [0.25, 0.3) is 0 Å². The van der Waals surface area contributed by atoms with Gasteiger partial charge in [-0.1, -0.05) is 19.9 Å². The van der Waals surface area contributed by atoms with Crippen molar-refractivity contribution in [1.82, 2.24) is 14.9 Å². The molecule has 0 fully saturated rings. The van der Waals surface area contributed by atoms with E-state index < -0.39 is 6.10 Å². The third-order valence-corrected chi connectivity index (χ3v) is 3.31. The second kappa shape index (κ2) is 8.07.